The third-order valence-corrected chi connectivity index (χ3v) is 31.4. The number of oxazole rings is 4. The maximum atomic E-state index is 12.9. The van der Waals surface area contributed by atoms with Crippen LogP contribution in [0.2, 0.25) is 0 Å². The lowest BCUT2D eigenvalue weighted by Crippen LogP contribution is -2.37. The standard InChI is InChI=1S/C27H33N5O3S2.C24H29N5O4S2.C24H31N5O2S2.C17H24N4O2S2.C7H5NO3.C3H4O2.CH4O/c1-5-22(33)30-20-8-6-7-18(13-20)16-32-11-9-19(10-12-32)25(34)31-26-29-15-24(37-26)36-17-23-28-14-21(35-23)27(2,3)4;1-24(2,3)19-12-25-20(33-19)15-34-21-13-26-23(35-21)27-22(30)17-7-9-28(10-8-17)14-16-5-4-6-18(11-16)29(31)32;1-24(2,3)19-12-26-20(31-19)15-32-21-13-27-23(33-21)28-22(30)17-7-9-29(10-8-17)14-16-5-4-6-18(25)11-16;1-17(2,3)12-8-19-13(23-12)10-24-14-9-20-16(25-14)21-15(22)11-4-6-18-7-5-11;9-5-6-2-1-3-7(4-6)8(10)11;1-2-3(4)5;1-2/h5-8,13-15,19H,1,9-12,16-17H2,2-4H3,(H,30,33)(H,29,31,34);4-6,11-13,17H,7-10,14-15H2,1-3H3,(H,26,27,30);4-6,11-13,17H,7-10,14-15,25H2,1-3H3,(H,27,28,30);8-9,11,18H,4-7,10H2,1-3H3,(H,20,21,22);1-5H;2H,1H2,(H,4,5);2H,1H3. The summed E-state index contributed by atoms with van der Waals surface area (Å²) in [5.41, 5.74) is 10.8. The summed E-state index contributed by atoms with van der Waals surface area (Å²) in [6.07, 6.45) is 23.5. The van der Waals surface area contributed by atoms with Crippen molar-refractivity contribution in [2.24, 2.45) is 23.7 Å². The Morgan fingerprint density at radius 3 is 1.03 bits per heavy atom. The summed E-state index contributed by atoms with van der Waals surface area (Å²) in [6, 6.07) is 28.1. The van der Waals surface area contributed by atoms with E-state index >= 15 is 0 Å². The molecule has 4 saturated heterocycles. The summed E-state index contributed by atoms with van der Waals surface area (Å²) in [4.78, 5) is 144. The molecule has 5 amide bonds. The van der Waals surface area contributed by atoms with Crippen molar-refractivity contribution < 1.29 is 71.3 Å². The van der Waals surface area contributed by atoms with Gasteiger partial charge in [0.15, 0.2) is 20.5 Å². The molecule has 4 aromatic carbocycles. The maximum Gasteiger partial charge on any atom is 0.327 e. The zero-order chi connectivity index (χ0) is 107. The van der Waals surface area contributed by atoms with Crippen LogP contribution in [0.1, 0.15) is 208 Å². The number of nitro groups is 2. The molecule has 0 atom stereocenters. The Morgan fingerprint density at radius 1 is 0.432 bits per heavy atom. The van der Waals surface area contributed by atoms with Gasteiger partial charge in [-0.05, 0) is 151 Å². The molecule has 12 aromatic rings. The van der Waals surface area contributed by atoms with Gasteiger partial charge in [-0.25, -0.2) is 44.7 Å². The third kappa shape index (κ3) is 39.8. The number of carboxylic acid groups (broad SMARTS) is 1. The zero-order valence-electron chi connectivity index (χ0n) is 85.3. The Labute approximate surface area is 894 Å². The number of aliphatic hydroxyl groups is 1. The summed E-state index contributed by atoms with van der Waals surface area (Å²) in [7, 11) is 1.00. The number of benzene rings is 4. The van der Waals surface area contributed by atoms with Gasteiger partial charge >= 0.3 is 5.97 Å². The third-order valence-electron chi connectivity index (χ3n) is 23.0. The monoisotopic (exact) mass is 2170 g/mol. The molecule has 45 heteroatoms. The number of hydrogen-bond acceptors (Lipinski definition) is 37. The molecule has 10 N–H and O–H groups in total. The van der Waals surface area contributed by atoms with Crippen LogP contribution in [0.3, 0.4) is 0 Å². The lowest BCUT2D eigenvalue weighted by atomic mass is 9.94. The number of aliphatic hydroxyl groups excluding tert-OH is 1. The summed E-state index contributed by atoms with van der Waals surface area (Å²) in [6.45, 7) is 40.7. The number of amides is 5. The minimum absolute atomic E-state index is 0.00609. The minimum atomic E-state index is -0.981. The van der Waals surface area contributed by atoms with Gasteiger partial charge in [0.1, 0.15) is 29.3 Å². The fraction of sp³-hybridized carbons (Fsp3) is 0.427. The first kappa shape index (κ1) is 118. The van der Waals surface area contributed by atoms with Gasteiger partial charge in [0.25, 0.3) is 11.4 Å². The van der Waals surface area contributed by atoms with E-state index in [1.54, 1.807) is 109 Å². The van der Waals surface area contributed by atoms with Gasteiger partial charge in [0, 0.05) is 119 Å². The highest BCUT2D eigenvalue weighted by Crippen LogP contribution is 2.39. The van der Waals surface area contributed by atoms with Gasteiger partial charge in [-0.15, -0.1) is 47.0 Å². The number of anilines is 6. The highest BCUT2D eigenvalue weighted by atomic mass is 32.2. The molecule has 16 rings (SSSR count). The van der Waals surface area contributed by atoms with Crippen molar-refractivity contribution in [2.45, 2.75) is 216 Å². The molecule has 8 aromatic heterocycles. The first-order valence-electron chi connectivity index (χ1n) is 47.9. The molecule has 0 saturated carbocycles. The van der Waals surface area contributed by atoms with Crippen molar-refractivity contribution >= 4 is 177 Å². The molecular weight excluding hydrogens is 2050 g/mol. The maximum absolute atomic E-state index is 12.9. The largest absolute Gasteiger partial charge is 0.478 e. The molecule has 4 fully saturated rings. The number of non-ortho nitro benzene ring substituents is 2. The predicted molar refractivity (Wildman–Crippen MR) is 585 cm³/mol. The molecule has 0 unspecified atom stereocenters. The number of nitro benzene ring substituents is 2. The number of aromatic nitrogens is 8. The number of nitrogens with zero attached hydrogens (tertiary/aromatic N) is 13. The first-order valence-corrected chi connectivity index (χ1v) is 55.1. The van der Waals surface area contributed by atoms with Gasteiger partial charge in [-0.3, -0.25) is 63.7 Å². The van der Waals surface area contributed by atoms with E-state index in [0.29, 0.717) is 85.5 Å². The summed E-state index contributed by atoms with van der Waals surface area (Å²) < 4.78 is 27.4. The van der Waals surface area contributed by atoms with Crippen LogP contribution in [-0.4, -0.2) is 176 Å². The number of rotatable bonds is 32. The van der Waals surface area contributed by atoms with Crippen LogP contribution < -0.4 is 37.6 Å². The number of nitrogens with two attached hydrogens (primary N) is 1. The second kappa shape index (κ2) is 57.7. The molecule has 4 aliphatic heterocycles. The van der Waals surface area contributed by atoms with Gasteiger partial charge < -0.3 is 65.5 Å². The van der Waals surface area contributed by atoms with Crippen LogP contribution in [-0.2, 0) is 93.1 Å². The fourth-order valence-electron chi connectivity index (χ4n) is 14.8. The Hall–Kier alpha value is -12.0. The highest BCUT2D eigenvalue weighted by molar-refractivity contribution is 8.01. The Kier molecular flexibility index (Phi) is 46.0. The lowest BCUT2D eigenvalue weighted by molar-refractivity contribution is -0.385. The molecule has 37 nitrogen and oxygen atoms in total. The van der Waals surface area contributed by atoms with E-state index in [4.69, 9.17) is 33.6 Å². The van der Waals surface area contributed by atoms with Crippen LogP contribution in [0.25, 0.3) is 0 Å². The Bertz CT molecular complexity index is 6330. The molecule has 0 aliphatic carbocycles. The fourth-order valence-corrected chi connectivity index (χ4v) is 21.7. The quantitative estimate of drug-likeness (QED) is 0.00472. The molecule has 12 heterocycles. The van der Waals surface area contributed by atoms with Gasteiger partial charge in [0.05, 0.1) is 99.3 Å². The van der Waals surface area contributed by atoms with Gasteiger partial charge in [-0.1, -0.05) is 190 Å². The van der Waals surface area contributed by atoms with E-state index in [1.165, 1.54) is 87.3 Å². The van der Waals surface area contributed by atoms with E-state index < -0.39 is 10.9 Å². The number of likely N-dealkylation sites (tertiary alicyclic amines) is 3. The van der Waals surface area contributed by atoms with Crippen LogP contribution in [0.15, 0.2) is 206 Å². The molecule has 4 aliphatic rings. The summed E-state index contributed by atoms with van der Waals surface area (Å²) in [5, 5.41) is 56.2. The number of thiazole rings is 4. The number of nitrogens with one attached hydrogen (secondary N) is 6. The molecule has 148 heavy (non-hydrogen) atoms. The minimum Gasteiger partial charge on any atom is -0.478 e. The van der Waals surface area contributed by atoms with Crippen LogP contribution in [0, 0.1) is 43.9 Å². The number of carbonyl (C=O) groups is 7. The smallest absolute Gasteiger partial charge is 0.327 e. The number of piperidine rings is 4. The SMILES string of the molecule is C=CC(=O)Nc1cccc(CN2CCC(C(=O)Nc3ncc(SCc4ncc(C(C)(C)C)o4)s3)CC2)c1.C=CC(=O)O.CC(C)(C)c1cnc(CSc2cnc(NC(=O)C3CCN(Cc4cccc(N)c4)CC3)s2)o1.CC(C)(C)c1cnc(CSc2cnc(NC(=O)C3CCN(Cc4cccc([N+](=O)[O-])c4)CC3)s2)o1.CC(C)(C)c1cnc(CSc2cnc(NC(=O)C3CCNCC3)s2)o1.CO.O=Cc1cccc([N+](=O)[O-])c1. The number of thioether (sulfide) groups is 4. The molecule has 0 spiro atoms. The number of carbonyl (C=O) groups excluding carboxylic acids is 6. The average molecular weight is 2180 g/mol. The number of carboxylic acids is 1. The van der Waals surface area contributed by atoms with Gasteiger partial charge in [-0.2, -0.15) is 0 Å². The van der Waals surface area contributed by atoms with Gasteiger partial charge in [0.2, 0.25) is 53.1 Å². The van der Waals surface area contributed by atoms with E-state index in [2.05, 4.69) is 189 Å². The summed E-state index contributed by atoms with van der Waals surface area (Å²) in [5.74, 6) is 7.77. The topological polar surface area (TPSA) is 510 Å². The molecule has 792 valence electrons. The molecular formula is C103H130N20O17S8. The number of nitrogen functional groups attached to an aromatic ring is 1. The van der Waals surface area contributed by atoms with E-state index in [1.807, 2.05) is 48.5 Å². The predicted octanol–water partition coefficient (Wildman–Crippen LogP) is 21.3. The number of aliphatic carboxylic acids is 1. The van der Waals surface area contributed by atoms with Crippen LogP contribution in [0.5, 0.6) is 0 Å². The lowest BCUT2D eigenvalue weighted by Gasteiger charge is -2.31. The second-order valence-electron chi connectivity index (χ2n) is 38.8. The first-order chi connectivity index (χ1) is 70.5. The van der Waals surface area contributed by atoms with Crippen molar-refractivity contribution in [3.8, 4) is 0 Å². The molecule has 0 bridgehead atoms. The van der Waals surface area contributed by atoms with Crippen LogP contribution in [0.4, 0.5) is 43.3 Å². The average Bonchev–Trinajstić information content (AvgIpc) is 1.39. The number of aldehydes is 1. The van der Waals surface area contributed by atoms with Crippen molar-refractivity contribution in [3.63, 3.8) is 0 Å². The van der Waals surface area contributed by atoms with Crippen LogP contribution >= 0.6 is 92.4 Å². The highest BCUT2D eigenvalue weighted by Gasteiger charge is 2.32. The van der Waals surface area contributed by atoms with Crippen molar-refractivity contribution in [1.82, 2.24) is 59.9 Å². The van der Waals surface area contributed by atoms with E-state index in [0.717, 1.165) is 192 Å². The molecule has 0 radical (unpaired) electrons. The summed E-state index contributed by atoms with van der Waals surface area (Å²) >= 11 is 12.3. The van der Waals surface area contributed by atoms with E-state index in [-0.39, 0.29) is 91.2 Å². The Balaban J connectivity index is 0.000000192. The van der Waals surface area contributed by atoms with E-state index in [9.17, 15) is 53.8 Å². The van der Waals surface area contributed by atoms with Crippen molar-refractivity contribution in [1.29, 1.82) is 0 Å². The van der Waals surface area contributed by atoms with Crippen molar-refractivity contribution in [3.05, 3.63) is 261 Å². The Morgan fingerprint density at radius 2 is 0.730 bits per heavy atom. The number of hydrogen-bond donors (Lipinski definition) is 9. The van der Waals surface area contributed by atoms with Crippen molar-refractivity contribution in [2.75, 3.05) is 91.8 Å². The normalized spacial score (nSPS) is 14.5. The second-order valence-corrected chi connectivity index (χ2v) is 48.0. The zero-order valence-corrected chi connectivity index (χ0v) is 91.8.